The highest BCUT2D eigenvalue weighted by Crippen LogP contribution is 2.32. The Bertz CT molecular complexity index is 1800. The van der Waals surface area contributed by atoms with E-state index in [2.05, 4.69) is 9.97 Å². The lowest BCUT2D eigenvalue weighted by Gasteiger charge is -2.16. The third-order valence-electron chi connectivity index (χ3n) is 6.12. The molecule has 3 aromatic carbocycles. The largest absolute Gasteiger partial charge is 0.495 e. The highest BCUT2D eigenvalue weighted by Gasteiger charge is 2.19. The number of hydrogen-bond acceptors (Lipinski definition) is 6. The summed E-state index contributed by atoms with van der Waals surface area (Å²) in [6.45, 7) is 1.94. The van der Waals surface area contributed by atoms with Crippen LogP contribution in [0.15, 0.2) is 95.0 Å². The maximum absolute atomic E-state index is 13.0. The van der Waals surface area contributed by atoms with Gasteiger partial charge < -0.3 is 4.74 Å². The van der Waals surface area contributed by atoms with Crippen LogP contribution in [0.5, 0.6) is 5.75 Å². The first-order valence-electron chi connectivity index (χ1n) is 11.4. The molecule has 0 saturated carbocycles. The van der Waals surface area contributed by atoms with Crippen LogP contribution < -0.4 is 10.3 Å². The minimum atomic E-state index is -3.66. The van der Waals surface area contributed by atoms with Crippen LogP contribution in [-0.4, -0.2) is 30.1 Å². The molecule has 0 amide bonds. The number of aromatic nitrogens is 3. The molecule has 0 aliphatic rings. The maximum Gasteiger partial charge on any atom is 0.255 e. The van der Waals surface area contributed by atoms with Crippen molar-refractivity contribution in [2.45, 2.75) is 17.6 Å². The average Bonchev–Trinajstić information content (AvgIpc) is 2.90. The summed E-state index contributed by atoms with van der Waals surface area (Å²) in [7, 11) is -2.11. The van der Waals surface area contributed by atoms with Crippen LogP contribution in [-0.2, 0) is 15.6 Å². The van der Waals surface area contributed by atoms with E-state index in [1.165, 1.54) is 29.2 Å². The molecular formula is C28H22ClN3O4S. The van der Waals surface area contributed by atoms with Gasteiger partial charge in [0.1, 0.15) is 12.1 Å². The quantitative estimate of drug-likeness (QED) is 0.292. The molecule has 9 heteroatoms. The fourth-order valence-corrected chi connectivity index (χ4v) is 5.64. The topological polar surface area (TPSA) is 91.2 Å². The summed E-state index contributed by atoms with van der Waals surface area (Å²) in [6.07, 6.45) is 2.82. The molecule has 186 valence electrons. The van der Waals surface area contributed by atoms with E-state index < -0.39 is 9.84 Å². The van der Waals surface area contributed by atoms with Gasteiger partial charge in [0, 0.05) is 22.7 Å². The normalized spacial score (nSPS) is 11.5. The van der Waals surface area contributed by atoms with Crippen LogP contribution in [0.4, 0.5) is 0 Å². The van der Waals surface area contributed by atoms with Crippen molar-refractivity contribution in [3.8, 4) is 22.6 Å². The number of benzene rings is 3. The first-order chi connectivity index (χ1) is 17.8. The van der Waals surface area contributed by atoms with E-state index in [9.17, 15) is 13.2 Å². The van der Waals surface area contributed by atoms with E-state index in [0.717, 1.165) is 16.7 Å². The lowest BCUT2D eigenvalue weighted by atomic mass is 10.0. The molecule has 0 aliphatic heterocycles. The Morgan fingerprint density at radius 2 is 1.73 bits per heavy atom. The summed E-state index contributed by atoms with van der Waals surface area (Å²) < 4.78 is 33.2. The highest BCUT2D eigenvalue weighted by molar-refractivity contribution is 7.90. The summed E-state index contributed by atoms with van der Waals surface area (Å²) in [5.41, 5.74) is 4.07. The summed E-state index contributed by atoms with van der Waals surface area (Å²) in [5.74, 6) is 0.250. The van der Waals surface area contributed by atoms with Gasteiger partial charge in [-0.25, -0.2) is 18.4 Å². The van der Waals surface area contributed by atoms with Gasteiger partial charge in [0.05, 0.1) is 34.7 Å². The Hall–Kier alpha value is -4.01. The summed E-state index contributed by atoms with van der Waals surface area (Å²) in [5, 5.41) is 1.29. The van der Waals surface area contributed by atoms with E-state index in [-0.39, 0.29) is 16.2 Å². The number of pyridine rings is 1. The Labute approximate surface area is 218 Å². The number of aryl methyl sites for hydroxylation is 1. The van der Waals surface area contributed by atoms with Crippen LogP contribution >= 0.6 is 11.6 Å². The Balaban J connectivity index is 1.59. The number of fused-ring (bicyclic) bond motifs is 1. The fourth-order valence-electron chi connectivity index (χ4n) is 4.21. The predicted octanol–water partition coefficient (Wildman–Crippen LogP) is 5.39. The van der Waals surface area contributed by atoms with Gasteiger partial charge in [-0.2, -0.15) is 0 Å². The fraction of sp³-hybridized carbons (Fsp3) is 0.107. The highest BCUT2D eigenvalue weighted by atomic mass is 35.5. The van der Waals surface area contributed by atoms with Crippen molar-refractivity contribution in [2.75, 3.05) is 7.11 Å². The molecule has 0 N–H and O–H groups in total. The number of methoxy groups -OCH3 is 1. The molecule has 5 aromatic rings. The molecule has 2 heterocycles. The molecule has 37 heavy (non-hydrogen) atoms. The van der Waals surface area contributed by atoms with Crippen molar-refractivity contribution in [3.63, 3.8) is 0 Å². The molecule has 0 saturated heterocycles. The van der Waals surface area contributed by atoms with Gasteiger partial charge in [0.2, 0.25) is 0 Å². The van der Waals surface area contributed by atoms with Crippen molar-refractivity contribution < 1.29 is 13.2 Å². The van der Waals surface area contributed by atoms with Crippen molar-refractivity contribution in [1.29, 1.82) is 0 Å². The number of ether oxygens (including phenoxy) is 1. The number of nitrogens with zero attached hydrogens (tertiary/aromatic N) is 3. The van der Waals surface area contributed by atoms with Crippen molar-refractivity contribution in [3.05, 3.63) is 112 Å². The van der Waals surface area contributed by atoms with Crippen LogP contribution in [0.3, 0.4) is 0 Å². The second kappa shape index (κ2) is 9.80. The van der Waals surface area contributed by atoms with Gasteiger partial charge in [-0.05, 0) is 78.2 Å². The molecule has 5 rings (SSSR count). The minimum absolute atomic E-state index is 0.143. The molecule has 7 nitrogen and oxygen atoms in total. The van der Waals surface area contributed by atoms with Crippen LogP contribution in [0.1, 0.15) is 11.3 Å². The van der Waals surface area contributed by atoms with E-state index in [0.29, 0.717) is 33.1 Å². The monoisotopic (exact) mass is 531 g/mol. The smallest absolute Gasteiger partial charge is 0.255 e. The third kappa shape index (κ3) is 4.85. The van der Waals surface area contributed by atoms with Crippen LogP contribution in [0, 0.1) is 6.92 Å². The average molecular weight is 532 g/mol. The molecular weight excluding hydrogens is 510 g/mol. The van der Waals surface area contributed by atoms with Gasteiger partial charge in [-0.3, -0.25) is 9.36 Å². The van der Waals surface area contributed by atoms with Crippen LogP contribution in [0.2, 0.25) is 5.02 Å². The standard InChI is InChI=1S/C28H22ClN3O4S/c1-18-13-19(3-7-24(18)29)20-4-8-26(27(15-20)36-2)32-25-9-6-23(14-21(25)5-10-28(32)33)37(34,35)16-22-11-12-30-17-31-22/h3-15,17H,16H2,1-2H3. The second-order valence-corrected chi connectivity index (χ2v) is 10.9. The zero-order valence-electron chi connectivity index (χ0n) is 20.1. The maximum atomic E-state index is 13.0. The molecule has 0 radical (unpaired) electrons. The molecule has 0 atom stereocenters. The Morgan fingerprint density at radius 1 is 0.946 bits per heavy atom. The third-order valence-corrected chi connectivity index (χ3v) is 8.19. The summed E-state index contributed by atoms with van der Waals surface area (Å²) in [4.78, 5) is 21.0. The van der Waals surface area contributed by atoms with E-state index >= 15 is 0 Å². The van der Waals surface area contributed by atoms with Crippen molar-refractivity contribution >= 4 is 32.3 Å². The number of sulfone groups is 1. The van der Waals surface area contributed by atoms with E-state index in [1.807, 2.05) is 43.3 Å². The molecule has 0 bridgehead atoms. The minimum Gasteiger partial charge on any atom is -0.495 e. The predicted molar refractivity (Wildman–Crippen MR) is 144 cm³/mol. The lowest BCUT2D eigenvalue weighted by Crippen LogP contribution is -2.18. The summed E-state index contributed by atoms with van der Waals surface area (Å²) >= 11 is 6.18. The molecule has 0 fully saturated rings. The van der Waals surface area contributed by atoms with Crippen molar-refractivity contribution in [2.24, 2.45) is 0 Å². The molecule has 0 aliphatic carbocycles. The zero-order chi connectivity index (χ0) is 26.2. The SMILES string of the molecule is COc1cc(-c2ccc(Cl)c(C)c2)ccc1-n1c(=O)ccc2cc(S(=O)(=O)Cc3ccncn3)ccc21. The number of halogens is 1. The van der Waals surface area contributed by atoms with Gasteiger partial charge in [0.15, 0.2) is 9.84 Å². The zero-order valence-corrected chi connectivity index (χ0v) is 21.6. The molecule has 2 aromatic heterocycles. The number of hydrogen-bond donors (Lipinski definition) is 0. The molecule has 0 spiro atoms. The Morgan fingerprint density at radius 3 is 2.46 bits per heavy atom. The van der Waals surface area contributed by atoms with E-state index in [1.54, 1.807) is 31.4 Å². The lowest BCUT2D eigenvalue weighted by molar-refractivity contribution is 0.413. The first-order valence-corrected chi connectivity index (χ1v) is 13.4. The molecule has 0 unspecified atom stereocenters. The van der Waals surface area contributed by atoms with Crippen molar-refractivity contribution in [1.82, 2.24) is 14.5 Å². The summed E-state index contributed by atoms with van der Waals surface area (Å²) in [6, 6.07) is 20.7. The number of rotatable bonds is 6. The van der Waals surface area contributed by atoms with Gasteiger partial charge >= 0.3 is 0 Å². The van der Waals surface area contributed by atoms with Gasteiger partial charge in [-0.15, -0.1) is 0 Å². The van der Waals surface area contributed by atoms with Crippen LogP contribution in [0.25, 0.3) is 27.7 Å². The van der Waals surface area contributed by atoms with Gasteiger partial charge in [-0.1, -0.05) is 23.7 Å². The first kappa shape index (κ1) is 24.7. The van der Waals surface area contributed by atoms with Gasteiger partial charge in [0.25, 0.3) is 5.56 Å². The van der Waals surface area contributed by atoms with E-state index in [4.69, 9.17) is 16.3 Å². The second-order valence-electron chi connectivity index (χ2n) is 8.54. The Kier molecular flexibility index (Phi) is 6.54.